The molecule has 2 fully saturated rings. The molecule has 1 aromatic rings. The van der Waals surface area contributed by atoms with Gasteiger partial charge in [0.2, 0.25) is 0 Å². The highest BCUT2D eigenvalue weighted by molar-refractivity contribution is 5.95. The third-order valence-corrected chi connectivity index (χ3v) is 4.49. The minimum Gasteiger partial charge on any atom is -0.480 e. The zero-order valence-corrected chi connectivity index (χ0v) is 11.2. The molecule has 0 radical (unpaired) electrons. The Kier molecular flexibility index (Phi) is 3.42. The van der Waals surface area contributed by atoms with Crippen LogP contribution in [0.5, 0.6) is 0 Å². The van der Waals surface area contributed by atoms with E-state index in [1.807, 2.05) is 0 Å². The molecule has 0 bridgehead atoms. The van der Waals surface area contributed by atoms with Gasteiger partial charge >= 0.3 is 5.97 Å². The topological polar surface area (TPSA) is 70.5 Å². The van der Waals surface area contributed by atoms with Gasteiger partial charge in [0.25, 0.3) is 5.91 Å². The van der Waals surface area contributed by atoms with Crippen LogP contribution >= 0.6 is 0 Å². The van der Waals surface area contributed by atoms with Crippen molar-refractivity contribution in [3.05, 3.63) is 30.1 Å². The first-order chi connectivity index (χ1) is 9.68. The summed E-state index contributed by atoms with van der Waals surface area (Å²) in [6.07, 6.45) is 6.29. The molecule has 106 valence electrons. The van der Waals surface area contributed by atoms with Crippen LogP contribution in [0, 0.1) is 5.92 Å². The zero-order valence-electron chi connectivity index (χ0n) is 11.2. The van der Waals surface area contributed by atoms with Crippen molar-refractivity contribution < 1.29 is 14.7 Å². The van der Waals surface area contributed by atoms with E-state index < -0.39 is 12.0 Å². The monoisotopic (exact) mass is 274 g/mol. The van der Waals surface area contributed by atoms with E-state index in [2.05, 4.69) is 4.98 Å². The summed E-state index contributed by atoms with van der Waals surface area (Å²) in [5.74, 6) is -0.811. The number of rotatable bonds is 2. The van der Waals surface area contributed by atoms with Crippen LogP contribution in [0.15, 0.2) is 24.4 Å². The summed E-state index contributed by atoms with van der Waals surface area (Å²) in [4.78, 5) is 29.7. The van der Waals surface area contributed by atoms with E-state index in [-0.39, 0.29) is 11.9 Å². The van der Waals surface area contributed by atoms with Crippen LogP contribution in [0.2, 0.25) is 0 Å². The van der Waals surface area contributed by atoms with E-state index in [1.54, 1.807) is 29.3 Å². The van der Waals surface area contributed by atoms with Crippen molar-refractivity contribution >= 4 is 11.9 Å². The van der Waals surface area contributed by atoms with Crippen LogP contribution in [0.3, 0.4) is 0 Å². The molecule has 1 aromatic heterocycles. The molecule has 2 heterocycles. The SMILES string of the molecule is O=C(O)C1CC2CCCCC2N1C(=O)c1ccccn1. The smallest absolute Gasteiger partial charge is 0.326 e. The summed E-state index contributed by atoms with van der Waals surface area (Å²) in [6.45, 7) is 0. The lowest BCUT2D eigenvalue weighted by Gasteiger charge is -2.32. The lowest BCUT2D eigenvalue weighted by atomic mass is 9.84. The highest BCUT2D eigenvalue weighted by atomic mass is 16.4. The molecule has 1 aliphatic heterocycles. The number of amides is 1. The highest BCUT2D eigenvalue weighted by Crippen LogP contribution is 2.40. The van der Waals surface area contributed by atoms with Gasteiger partial charge in [-0.1, -0.05) is 18.9 Å². The van der Waals surface area contributed by atoms with Gasteiger partial charge in [0.1, 0.15) is 11.7 Å². The number of carboxylic acid groups (broad SMARTS) is 1. The maximum absolute atomic E-state index is 12.6. The van der Waals surface area contributed by atoms with Crippen LogP contribution in [0.4, 0.5) is 0 Å². The van der Waals surface area contributed by atoms with Gasteiger partial charge in [-0.25, -0.2) is 4.79 Å². The minimum absolute atomic E-state index is 0.0688. The first-order valence-electron chi connectivity index (χ1n) is 7.15. The number of hydrogen-bond donors (Lipinski definition) is 1. The molecule has 2 aliphatic rings. The molecular weight excluding hydrogens is 256 g/mol. The zero-order chi connectivity index (χ0) is 14.1. The summed E-state index contributed by atoms with van der Waals surface area (Å²) in [5.41, 5.74) is 0.338. The molecule has 3 unspecified atom stereocenters. The second-order valence-corrected chi connectivity index (χ2v) is 5.63. The van der Waals surface area contributed by atoms with Gasteiger partial charge in [0.15, 0.2) is 0 Å². The van der Waals surface area contributed by atoms with Gasteiger partial charge in [0.05, 0.1) is 0 Å². The molecule has 3 rings (SSSR count). The van der Waals surface area contributed by atoms with Gasteiger partial charge < -0.3 is 10.0 Å². The molecule has 1 saturated heterocycles. The molecule has 20 heavy (non-hydrogen) atoms. The van der Waals surface area contributed by atoms with Gasteiger partial charge in [-0.15, -0.1) is 0 Å². The van der Waals surface area contributed by atoms with Crippen LogP contribution in [0.25, 0.3) is 0 Å². The van der Waals surface area contributed by atoms with Crippen molar-refractivity contribution in [1.82, 2.24) is 9.88 Å². The fraction of sp³-hybridized carbons (Fsp3) is 0.533. The lowest BCUT2D eigenvalue weighted by molar-refractivity contribution is -0.141. The fourth-order valence-corrected chi connectivity index (χ4v) is 3.59. The number of likely N-dealkylation sites (tertiary alicyclic amines) is 1. The van der Waals surface area contributed by atoms with Gasteiger partial charge in [0, 0.05) is 12.2 Å². The number of carbonyl (C=O) groups excluding carboxylic acids is 1. The van der Waals surface area contributed by atoms with Crippen LogP contribution < -0.4 is 0 Å². The molecule has 5 heteroatoms. The van der Waals surface area contributed by atoms with Gasteiger partial charge in [-0.05, 0) is 37.3 Å². The van der Waals surface area contributed by atoms with Gasteiger partial charge in [-0.3, -0.25) is 9.78 Å². The van der Waals surface area contributed by atoms with E-state index in [1.165, 1.54) is 0 Å². The van der Waals surface area contributed by atoms with E-state index in [0.29, 0.717) is 18.0 Å². The number of carbonyl (C=O) groups is 2. The number of hydrogen-bond acceptors (Lipinski definition) is 3. The van der Waals surface area contributed by atoms with Crippen molar-refractivity contribution in [1.29, 1.82) is 0 Å². The molecule has 1 amide bonds. The predicted octanol–water partition coefficient (Wildman–Crippen LogP) is 1.94. The highest BCUT2D eigenvalue weighted by Gasteiger charge is 2.47. The quantitative estimate of drug-likeness (QED) is 0.894. The van der Waals surface area contributed by atoms with Crippen molar-refractivity contribution in [2.75, 3.05) is 0 Å². The number of aromatic nitrogens is 1. The lowest BCUT2D eigenvalue weighted by Crippen LogP contribution is -2.46. The molecule has 1 aliphatic carbocycles. The van der Waals surface area contributed by atoms with E-state index >= 15 is 0 Å². The van der Waals surface area contributed by atoms with E-state index in [9.17, 15) is 14.7 Å². The predicted molar refractivity (Wildman–Crippen MR) is 72.2 cm³/mol. The Bertz CT molecular complexity index is 517. The van der Waals surface area contributed by atoms with E-state index in [0.717, 1.165) is 25.7 Å². The van der Waals surface area contributed by atoms with Crippen molar-refractivity contribution in [3.8, 4) is 0 Å². The number of carboxylic acids is 1. The average Bonchev–Trinajstić information content (AvgIpc) is 2.87. The van der Waals surface area contributed by atoms with Crippen LogP contribution in [-0.2, 0) is 4.79 Å². The maximum Gasteiger partial charge on any atom is 0.326 e. The largest absolute Gasteiger partial charge is 0.480 e. The normalized spacial score (nSPS) is 29.0. The third-order valence-electron chi connectivity index (χ3n) is 4.49. The summed E-state index contributed by atoms with van der Waals surface area (Å²) >= 11 is 0. The Balaban J connectivity index is 1.91. The van der Waals surface area contributed by atoms with Crippen molar-refractivity contribution in [2.24, 2.45) is 5.92 Å². The summed E-state index contributed by atoms with van der Waals surface area (Å²) < 4.78 is 0. The Labute approximate surface area is 117 Å². The molecule has 5 nitrogen and oxygen atoms in total. The second-order valence-electron chi connectivity index (χ2n) is 5.63. The minimum atomic E-state index is -0.899. The molecule has 1 N–H and O–H groups in total. The summed E-state index contributed by atoms with van der Waals surface area (Å²) in [7, 11) is 0. The Morgan fingerprint density at radius 3 is 2.75 bits per heavy atom. The Morgan fingerprint density at radius 1 is 1.25 bits per heavy atom. The van der Waals surface area contributed by atoms with Crippen molar-refractivity contribution in [3.63, 3.8) is 0 Å². The molecule has 0 spiro atoms. The molecule has 1 saturated carbocycles. The molecule has 3 atom stereocenters. The molecular formula is C15H18N2O3. The molecule has 0 aromatic carbocycles. The standard InChI is InChI=1S/C15H18N2O3/c18-14(11-6-3-4-8-16-11)17-12-7-2-1-5-10(12)9-13(17)15(19)20/h3-4,6,8,10,12-13H,1-2,5,7,9H2,(H,19,20). The third kappa shape index (κ3) is 2.17. The summed E-state index contributed by atoms with van der Waals surface area (Å²) in [5, 5.41) is 9.41. The van der Waals surface area contributed by atoms with Gasteiger partial charge in [-0.2, -0.15) is 0 Å². The first-order valence-corrected chi connectivity index (χ1v) is 7.15. The number of pyridine rings is 1. The van der Waals surface area contributed by atoms with Crippen molar-refractivity contribution in [2.45, 2.75) is 44.2 Å². The average molecular weight is 274 g/mol. The Morgan fingerprint density at radius 2 is 2.05 bits per heavy atom. The fourth-order valence-electron chi connectivity index (χ4n) is 3.59. The number of fused-ring (bicyclic) bond motifs is 1. The van der Waals surface area contributed by atoms with Crippen LogP contribution in [0.1, 0.15) is 42.6 Å². The maximum atomic E-state index is 12.6. The second kappa shape index (κ2) is 5.23. The Hall–Kier alpha value is -1.91. The first kappa shape index (κ1) is 13.1. The van der Waals surface area contributed by atoms with Crippen LogP contribution in [-0.4, -0.2) is 39.0 Å². The number of aliphatic carboxylic acids is 1. The number of nitrogens with zero attached hydrogens (tertiary/aromatic N) is 2. The van der Waals surface area contributed by atoms with E-state index in [4.69, 9.17) is 0 Å². The summed E-state index contributed by atoms with van der Waals surface area (Å²) in [6, 6.07) is 4.53.